The summed E-state index contributed by atoms with van der Waals surface area (Å²) in [6.45, 7) is 16.9. The van der Waals surface area contributed by atoms with Crippen molar-refractivity contribution in [3.05, 3.63) is 41.5 Å². The van der Waals surface area contributed by atoms with Gasteiger partial charge in [0.05, 0.1) is 25.2 Å². The number of rotatable bonds is 10. The zero-order valence-electron chi connectivity index (χ0n) is 34.4. The molecule has 0 amide bonds. The molecule has 0 radical (unpaired) electrons. The zero-order valence-corrected chi connectivity index (χ0v) is 35.4. The Morgan fingerprint density at radius 1 is 1.04 bits per heavy atom. The highest BCUT2D eigenvalue weighted by Gasteiger charge is 2.60. The Morgan fingerprint density at radius 3 is 2.46 bits per heavy atom. The number of hydrogen-bond donors (Lipinski definition) is 0. The second-order valence-electron chi connectivity index (χ2n) is 17.3. The number of anilines is 1. The van der Waals surface area contributed by atoms with Gasteiger partial charge in [-0.2, -0.15) is 9.97 Å². The maximum absolute atomic E-state index is 17.6. The molecule has 1 unspecified atom stereocenters. The summed E-state index contributed by atoms with van der Waals surface area (Å²) in [5.74, 6) is 3.00. The molecule has 0 N–H and O–H groups in total. The van der Waals surface area contributed by atoms with Crippen molar-refractivity contribution in [3.8, 4) is 40.4 Å². The minimum Gasteiger partial charge on any atom is -0.475 e. The number of ether oxygens (including phenoxy) is 4. The largest absolute Gasteiger partial charge is 0.475 e. The summed E-state index contributed by atoms with van der Waals surface area (Å²) in [4.78, 5) is 16.2. The first kappa shape index (κ1) is 40.1. The lowest BCUT2D eigenvalue weighted by molar-refractivity contribution is -0.934. The number of alkyl halides is 1. The normalized spacial score (nSPS) is 23.5. The summed E-state index contributed by atoms with van der Waals surface area (Å²) < 4.78 is 73.1. The molecule has 0 saturated carbocycles. The standard InChI is InChI=1S/C43H55F3N5O4Si/c1-25(2)56(26(3)4,27(5)6)17-14-32-34(45)13-12-29-18-31(55-24-52-10)19-33(35(29)32)38-37(46)39-36-40(50(8)28(7)22-53-41(36)47-38)49-42(48-39)54-23-43-15-11-16-51(43,9)21-30(44)20-43/h12-13,18-19,25-28,30H,11,15-16,20-24H2,1-10H3/q+1/t28-,30+,43-,51?/m0/s1. The molecule has 2 fully saturated rings. The van der Waals surface area contributed by atoms with Crippen LogP contribution in [0, 0.1) is 23.1 Å². The van der Waals surface area contributed by atoms with Gasteiger partial charge in [0.2, 0.25) is 5.88 Å². The molecule has 9 nitrogen and oxygen atoms in total. The smallest absolute Gasteiger partial charge is 0.319 e. The minimum atomic E-state index is -2.30. The Kier molecular flexibility index (Phi) is 10.7. The van der Waals surface area contributed by atoms with E-state index >= 15 is 8.78 Å². The lowest BCUT2D eigenvalue weighted by Gasteiger charge is -2.39. The summed E-state index contributed by atoms with van der Waals surface area (Å²) in [6.07, 6.45) is 1.28. The van der Waals surface area contributed by atoms with E-state index in [2.05, 4.69) is 60.1 Å². The third kappa shape index (κ3) is 6.55. The zero-order chi connectivity index (χ0) is 40.3. The second-order valence-corrected chi connectivity index (χ2v) is 22.9. The van der Waals surface area contributed by atoms with E-state index < -0.39 is 31.4 Å². The van der Waals surface area contributed by atoms with Crippen LogP contribution in [0.15, 0.2) is 24.3 Å². The van der Waals surface area contributed by atoms with Crippen molar-refractivity contribution in [2.45, 2.75) is 102 Å². The molecule has 5 heterocycles. The number of nitrogens with zero attached hydrogens (tertiary/aromatic N) is 5. The van der Waals surface area contributed by atoms with Crippen molar-refractivity contribution in [2.24, 2.45) is 0 Å². The highest BCUT2D eigenvalue weighted by Crippen LogP contribution is 2.47. The third-order valence-electron chi connectivity index (χ3n) is 13.2. The van der Waals surface area contributed by atoms with E-state index in [9.17, 15) is 4.39 Å². The fourth-order valence-electron chi connectivity index (χ4n) is 10.0. The van der Waals surface area contributed by atoms with Crippen molar-refractivity contribution in [2.75, 3.05) is 59.2 Å². The molecule has 300 valence electrons. The van der Waals surface area contributed by atoms with Gasteiger partial charge in [-0.15, -0.1) is 5.54 Å². The predicted octanol–water partition coefficient (Wildman–Crippen LogP) is 8.99. The highest BCUT2D eigenvalue weighted by atomic mass is 28.3. The monoisotopic (exact) mass is 790 g/mol. The summed E-state index contributed by atoms with van der Waals surface area (Å²) >= 11 is 0. The Balaban J connectivity index is 1.46. The van der Waals surface area contributed by atoms with Crippen LogP contribution in [-0.4, -0.2) is 99.6 Å². The average Bonchev–Trinajstić information content (AvgIpc) is 3.54. The fraction of sp³-hybridized carbons (Fsp3) is 0.558. The van der Waals surface area contributed by atoms with Crippen LogP contribution in [0.5, 0.6) is 17.6 Å². The Bertz CT molecular complexity index is 2210. The number of likely N-dealkylation sites (N-methyl/N-ethyl adjacent to an activating group) is 2. The van der Waals surface area contributed by atoms with Crippen LogP contribution in [0.1, 0.15) is 73.3 Å². The van der Waals surface area contributed by atoms with Gasteiger partial charge in [0.15, 0.2) is 18.8 Å². The Labute approximate surface area is 329 Å². The fourth-order valence-corrected chi connectivity index (χ4v) is 15.2. The van der Waals surface area contributed by atoms with E-state index in [0.29, 0.717) is 61.8 Å². The van der Waals surface area contributed by atoms with Crippen LogP contribution in [0.4, 0.5) is 19.0 Å². The molecule has 0 aliphatic carbocycles. The number of aromatic nitrogens is 3. The van der Waals surface area contributed by atoms with Crippen LogP contribution < -0.4 is 19.1 Å². The van der Waals surface area contributed by atoms with E-state index in [1.807, 2.05) is 18.9 Å². The van der Waals surface area contributed by atoms with E-state index in [0.717, 1.165) is 19.4 Å². The predicted molar refractivity (Wildman–Crippen MR) is 217 cm³/mol. The second kappa shape index (κ2) is 15.0. The molecular weight excluding hydrogens is 736 g/mol. The first-order chi connectivity index (χ1) is 26.6. The average molecular weight is 791 g/mol. The molecule has 13 heteroatoms. The summed E-state index contributed by atoms with van der Waals surface area (Å²) in [5.41, 5.74) is 4.49. The van der Waals surface area contributed by atoms with Crippen LogP contribution in [-0.2, 0) is 4.74 Å². The van der Waals surface area contributed by atoms with Crippen molar-refractivity contribution >= 4 is 35.6 Å². The summed E-state index contributed by atoms with van der Waals surface area (Å²) in [7, 11) is 3.16. The van der Waals surface area contributed by atoms with E-state index in [1.165, 1.54) is 13.2 Å². The van der Waals surface area contributed by atoms with Gasteiger partial charge in [-0.1, -0.05) is 53.5 Å². The molecular formula is C43H55F3N5O4Si+. The summed E-state index contributed by atoms with van der Waals surface area (Å²) in [5, 5.41) is 1.31. The van der Waals surface area contributed by atoms with E-state index in [-0.39, 0.29) is 60.3 Å². The third-order valence-corrected chi connectivity index (χ3v) is 19.5. The maximum Gasteiger partial charge on any atom is 0.319 e. The summed E-state index contributed by atoms with van der Waals surface area (Å²) in [6, 6.07) is 6.28. The van der Waals surface area contributed by atoms with Gasteiger partial charge < -0.3 is 28.3 Å². The van der Waals surface area contributed by atoms with Gasteiger partial charge in [-0.25, -0.2) is 18.2 Å². The minimum absolute atomic E-state index is 0.0115. The number of quaternary nitrogens is 1. The van der Waals surface area contributed by atoms with Crippen LogP contribution in [0.25, 0.3) is 32.9 Å². The number of hydrogen-bond acceptors (Lipinski definition) is 8. The highest BCUT2D eigenvalue weighted by molar-refractivity contribution is 6.90. The van der Waals surface area contributed by atoms with Crippen LogP contribution in [0.2, 0.25) is 16.6 Å². The topological polar surface area (TPSA) is 78.8 Å². The first-order valence-electron chi connectivity index (χ1n) is 19.9. The van der Waals surface area contributed by atoms with Gasteiger partial charge in [0, 0.05) is 44.4 Å². The van der Waals surface area contributed by atoms with E-state index in [1.54, 1.807) is 18.2 Å². The number of halogens is 3. The number of methoxy groups -OCH3 is 1. The van der Waals surface area contributed by atoms with Crippen molar-refractivity contribution in [1.82, 2.24) is 15.0 Å². The van der Waals surface area contributed by atoms with Gasteiger partial charge in [-0.3, -0.25) is 0 Å². The molecule has 3 aliphatic rings. The maximum atomic E-state index is 17.6. The number of pyridine rings is 1. The molecule has 0 spiro atoms. The molecule has 2 aromatic carbocycles. The van der Waals surface area contributed by atoms with Gasteiger partial charge in [0.1, 0.15) is 67.4 Å². The van der Waals surface area contributed by atoms with Crippen LogP contribution in [0.3, 0.4) is 0 Å². The Hall–Kier alpha value is -4.12. The molecule has 0 bridgehead atoms. The van der Waals surface area contributed by atoms with Crippen molar-refractivity contribution in [3.63, 3.8) is 0 Å². The van der Waals surface area contributed by atoms with Crippen molar-refractivity contribution in [1.29, 1.82) is 0 Å². The molecule has 4 atom stereocenters. The van der Waals surface area contributed by atoms with Crippen molar-refractivity contribution < 1.29 is 36.6 Å². The van der Waals surface area contributed by atoms with Gasteiger partial charge >= 0.3 is 6.01 Å². The lowest BCUT2D eigenvalue weighted by atomic mass is 9.94. The van der Waals surface area contributed by atoms with Gasteiger partial charge in [-0.05, 0) is 47.1 Å². The molecule has 7 rings (SSSR count). The quantitative estimate of drug-likeness (QED) is 0.0682. The molecule has 2 saturated heterocycles. The molecule has 56 heavy (non-hydrogen) atoms. The first-order valence-corrected chi connectivity index (χ1v) is 22.1. The molecule has 4 aromatic rings. The van der Waals surface area contributed by atoms with E-state index in [4.69, 9.17) is 33.9 Å². The van der Waals surface area contributed by atoms with Gasteiger partial charge in [0.25, 0.3) is 0 Å². The SMILES string of the molecule is COCOc1cc(-c2nc3c4c(nc(OC[C@@]56CCC[N+]5(C)C[C@H](F)C6)nc4c2F)N(C)[C@@H](C)CO3)c2c(C#C[Si](C(C)C)(C(C)C)C(C)C)c(F)ccc2c1. The Morgan fingerprint density at radius 2 is 1.77 bits per heavy atom. The lowest BCUT2D eigenvalue weighted by Crippen LogP contribution is -2.56. The molecule has 3 aliphatic heterocycles. The van der Waals surface area contributed by atoms with Crippen LogP contribution >= 0.6 is 0 Å². The molecule has 2 aromatic heterocycles. The number of benzene rings is 2. The number of fused-ring (bicyclic) bond motifs is 2.